The molecular formula is C26H26ClFN2O3. The van der Waals surface area contributed by atoms with Gasteiger partial charge in [-0.1, -0.05) is 23.7 Å². The molecule has 0 radical (unpaired) electrons. The molecule has 1 saturated heterocycles. The van der Waals surface area contributed by atoms with E-state index >= 15 is 0 Å². The largest absolute Gasteiger partial charge is 0.496 e. The van der Waals surface area contributed by atoms with Crippen molar-refractivity contribution in [3.8, 4) is 11.5 Å². The van der Waals surface area contributed by atoms with E-state index in [9.17, 15) is 9.18 Å². The van der Waals surface area contributed by atoms with Crippen LogP contribution in [0.2, 0.25) is 5.02 Å². The Hall–Kier alpha value is -3.09. The summed E-state index contributed by atoms with van der Waals surface area (Å²) in [5.41, 5.74) is 2.47. The molecule has 3 aromatic rings. The number of nitrogens with zero attached hydrogens (tertiary/aromatic N) is 2. The van der Waals surface area contributed by atoms with E-state index in [0.29, 0.717) is 35.2 Å². The van der Waals surface area contributed by atoms with Gasteiger partial charge in [-0.05, 0) is 60.2 Å². The van der Waals surface area contributed by atoms with E-state index in [2.05, 4.69) is 4.90 Å². The zero-order valence-corrected chi connectivity index (χ0v) is 19.2. The Morgan fingerprint density at radius 2 is 1.67 bits per heavy atom. The standard InChI is InChI=1S/C26H26ClFN2O3/c1-32-25-11-4-20(16-21(25)18-33-24-9-5-22(27)6-10-24)26(31)30-14-12-29(13-15-30)17-19-2-7-23(28)8-3-19/h2-11,16H,12-15,17-18H2,1H3. The van der Waals surface area contributed by atoms with Gasteiger partial charge in [0.15, 0.2) is 0 Å². The maximum absolute atomic E-state index is 13.1. The quantitative estimate of drug-likeness (QED) is 0.488. The van der Waals surface area contributed by atoms with Crippen molar-refractivity contribution in [2.24, 2.45) is 0 Å². The molecule has 172 valence electrons. The Kier molecular flexibility index (Phi) is 7.47. The molecule has 0 N–H and O–H groups in total. The first-order chi connectivity index (χ1) is 16.0. The minimum Gasteiger partial charge on any atom is -0.496 e. The van der Waals surface area contributed by atoms with E-state index in [0.717, 1.165) is 30.8 Å². The first-order valence-electron chi connectivity index (χ1n) is 10.8. The maximum Gasteiger partial charge on any atom is 0.253 e. The molecule has 4 rings (SSSR count). The molecule has 0 aliphatic carbocycles. The summed E-state index contributed by atoms with van der Waals surface area (Å²) in [5.74, 6) is 1.12. The molecule has 1 amide bonds. The summed E-state index contributed by atoms with van der Waals surface area (Å²) in [4.78, 5) is 17.3. The van der Waals surface area contributed by atoms with Crippen LogP contribution in [-0.2, 0) is 13.2 Å². The number of carbonyl (C=O) groups is 1. The third-order valence-electron chi connectivity index (χ3n) is 5.71. The number of carbonyl (C=O) groups excluding carboxylic acids is 1. The van der Waals surface area contributed by atoms with Crippen LogP contribution in [0.3, 0.4) is 0 Å². The molecule has 0 unspecified atom stereocenters. The fraction of sp³-hybridized carbons (Fsp3) is 0.269. The number of benzene rings is 3. The molecule has 0 aromatic heterocycles. The van der Waals surface area contributed by atoms with Gasteiger partial charge < -0.3 is 14.4 Å². The van der Waals surface area contributed by atoms with E-state index < -0.39 is 0 Å². The highest BCUT2D eigenvalue weighted by Gasteiger charge is 2.23. The lowest BCUT2D eigenvalue weighted by Crippen LogP contribution is -2.48. The van der Waals surface area contributed by atoms with Crippen molar-refractivity contribution < 1.29 is 18.7 Å². The van der Waals surface area contributed by atoms with Crippen LogP contribution in [0.1, 0.15) is 21.5 Å². The average molecular weight is 469 g/mol. The van der Waals surface area contributed by atoms with Gasteiger partial charge in [-0.25, -0.2) is 4.39 Å². The maximum atomic E-state index is 13.1. The molecular weight excluding hydrogens is 443 g/mol. The van der Waals surface area contributed by atoms with Crippen molar-refractivity contribution in [2.45, 2.75) is 13.2 Å². The molecule has 0 bridgehead atoms. The molecule has 1 aliphatic rings. The van der Waals surface area contributed by atoms with Crippen LogP contribution >= 0.6 is 11.6 Å². The smallest absolute Gasteiger partial charge is 0.253 e. The second-order valence-corrected chi connectivity index (χ2v) is 8.40. The Morgan fingerprint density at radius 3 is 2.33 bits per heavy atom. The van der Waals surface area contributed by atoms with Crippen LogP contribution in [-0.4, -0.2) is 49.0 Å². The van der Waals surface area contributed by atoms with Crippen LogP contribution in [0.15, 0.2) is 66.7 Å². The highest BCUT2D eigenvalue weighted by Crippen LogP contribution is 2.24. The van der Waals surface area contributed by atoms with Gasteiger partial charge in [-0.3, -0.25) is 9.69 Å². The molecule has 1 fully saturated rings. The van der Waals surface area contributed by atoms with Gasteiger partial charge in [0.25, 0.3) is 5.91 Å². The zero-order chi connectivity index (χ0) is 23.2. The van der Waals surface area contributed by atoms with Crippen LogP contribution in [0, 0.1) is 5.82 Å². The fourth-order valence-electron chi connectivity index (χ4n) is 3.86. The summed E-state index contributed by atoms with van der Waals surface area (Å²) in [5, 5.41) is 0.644. The molecule has 0 atom stereocenters. The Bertz CT molecular complexity index is 1080. The fourth-order valence-corrected chi connectivity index (χ4v) is 3.98. The number of ether oxygens (including phenoxy) is 2. The number of halogens is 2. The molecule has 3 aromatic carbocycles. The van der Waals surface area contributed by atoms with Gasteiger partial charge in [0, 0.05) is 48.9 Å². The summed E-state index contributed by atoms with van der Waals surface area (Å²) in [6, 6.07) is 19.1. The summed E-state index contributed by atoms with van der Waals surface area (Å²) < 4.78 is 24.4. The van der Waals surface area contributed by atoms with Crippen molar-refractivity contribution >= 4 is 17.5 Å². The van der Waals surface area contributed by atoms with E-state index in [-0.39, 0.29) is 18.3 Å². The van der Waals surface area contributed by atoms with E-state index in [1.54, 1.807) is 55.6 Å². The van der Waals surface area contributed by atoms with Crippen LogP contribution < -0.4 is 9.47 Å². The lowest BCUT2D eigenvalue weighted by molar-refractivity contribution is 0.0628. The third-order valence-corrected chi connectivity index (χ3v) is 5.97. The summed E-state index contributed by atoms with van der Waals surface area (Å²) >= 11 is 5.93. The van der Waals surface area contributed by atoms with E-state index in [4.69, 9.17) is 21.1 Å². The van der Waals surface area contributed by atoms with Crippen LogP contribution in [0.4, 0.5) is 4.39 Å². The van der Waals surface area contributed by atoms with Crippen molar-refractivity contribution in [1.29, 1.82) is 0 Å². The number of piperazine rings is 1. The number of amides is 1. The summed E-state index contributed by atoms with van der Waals surface area (Å²) in [6.07, 6.45) is 0. The highest BCUT2D eigenvalue weighted by atomic mass is 35.5. The predicted molar refractivity (Wildman–Crippen MR) is 126 cm³/mol. The number of rotatable bonds is 7. The van der Waals surface area contributed by atoms with Crippen molar-refractivity contribution in [2.75, 3.05) is 33.3 Å². The van der Waals surface area contributed by atoms with E-state index in [1.165, 1.54) is 12.1 Å². The Balaban J connectivity index is 1.37. The normalized spacial score (nSPS) is 14.2. The SMILES string of the molecule is COc1ccc(C(=O)N2CCN(Cc3ccc(F)cc3)CC2)cc1COc1ccc(Cl)cc1. The number of hydrogen-bond donors (Lipinski definition) is 0. The monoisotopic (exact) mass is 468 g/mol. The first-order valence-corrected chi connectivity index (χ1v) is 11.2. The molecule has 0 spiro atoms. The van der Waals surface area contributed by atoms with Gasteiger partial charge in [0.05, 0.1) is 7.11 Å². The van der Waals surface area contributed by atoms with Gasteiger partial charge in [-0.15, -0.1) is 0 Å². The topological polar surface area (TPSA) is 42.0 Å². The summed E-state index contributed by atoms with van der Waals surface area (Å²) in [6.45, 7) is 3.84. The van der Waals surface area contributed by atoms with Gasteiger partial charge >= 0.3 is 0 Å². The van der Waals surface area contributed by atoms with Gasteiger partial charge in [0.2, 0.25) is 0 Å². The van der Waals surface area contributed by atoms with Crippen molar-refractivity contribution in [3.63, 3.8) is 0 Å². The number of hydrogen-bond acceptors (Lipinski definition) is 4. The van der Waals surface area contributed by atoms with Gasteiger partial charge in [0.1, 0.15) is 23.9 Å². The second-order valence-electron chi connectivity index (χ2n) is 7.96. The zero-order valence-electron chi connectivity index (χ0n) is 18.5. The average Bonchev–Trinajstić information content (AvgIpc) is 2.85. The van der Waals surface area contributed by atoms with Gasteiger partial charge in [-0.2, -0.15) is 0 Å². The molecule has 33 heavy (non-hydrogen) atoms. The Morgan fingerprint density at radius 1 is 0.970 bits per heavy atom. The second kappa shape index (κ2) is 10.7. The van der Waals surface area contributed by atoms with Crippen molar-refractivity contribution in [1.82, 2.24) is 9.80 Å². The first kappa shape index (κ1) is 23.1. The molecule has 1 aliphatic heterocycles. The molecule has 1 heterocycles. The van der Waals surface area contributed by atoms with Crippen molar-refractivity contribution in [3.05, 3.63) is 94.3 Å². The van der Waals surface area contributed by atoms with E-state index in [1.807, 2.05) is 11.0 Å². The minimum atomic E-state index is -0.230. The molecule has 7 heteroatoms. The molecule has 0 saturated carbocycles. The predicted octanol–water partition coefficient (Wildman–Crippen LogP) is 5.02. The van der Waals surface area contributed by atoms with Crippen LogP contribution in [0.25, 0.3) is 0 Å². The lowest BCUT2D eigenvalue weighted by atomic mass is 10.1. The summed E-state index contributed by atoms with van der Waals surface area (Å²) in [7, 11) is 1.60. The third kappa shape index (κ3) is 6.03. The van der Waals surface area contributed by atoms with Crippen LogP contribution in [0.5, 0.6) is 11.5 Å². The molecule has 5 nitrogen and oxygen atoms in total. The Labute approximate surface area is 198 Å². The highest BCUT2D eigenvalue weighted by molar-refractivity contribution is 6.30. The minimum absolute atomic E-state index is 0.00757. The lowest BCUT2D eigenvalue weighted by Gasteiger charge is -2.35. The number of methoxy groups -OCH3 is 1.